The fraction of sp³-hybridized carbons (Fsp3) is 0.268. The molecular weight excluding hydrogens is 1290 g/mol. The summed E-state index contributed by atoms with van der Waals surface area (Å²) in [6, 6.07) is 85.2. The maximum atomic E-state index is 14.0. The summed E-state index contributed by atoms with van der Waals surface area (Å²) in [5.74, 6) is -1.44. The first-order valence-corrected chi connectivity index (χ1v) is 34.1. The van der Waals surface area contributed by atoms with Gasteiger partial charge in [-0.05, 0) is 62.7 Å². The molecule has 0 N–H and O–H groups in total. The highest BCUT2D eigenvalue weighted by atomic mass is 16.6. The Morgan fingerprint density at radius 3 is 0.863 bits per heavy atom. The number of hydrogen-bond donors (Lipinski definition) is 0. The summed E-state index contributed by atoms with van der Waals surface area (Å²) in [7, 11) is 0. The summed E-state index contributed by atoms with van der Waals surface area (Å²) in [6.07, 6.45) is -4.47. The fourth-order valence-electron chi connectivity index (χ4n) is 12.2. The van der Waals surface area contributed by atoms with E-state index in [0.29, 0.717) is 24.6 Å². The number of ether oxygens (including phenoxy) is 12. The van der Waals surface area contributed by atoms with Gasteiger partial charge in [-0.15, -0.1) is 10.2 Å². The molecule has 0 bridgehead atoms. The van der Waals surface area contributed by atoms with Gasteiger partial charge >= 0.3 is 11.9 Å². The maximum Gasteiger partial charge on any atom is 0.338 e. The lowest BCUT2D eigenvalue weighted by Gasteiger charge is -2.46. The minimum atomic E-state index is -0.935. The monoisotopic (exact) mass is 1370 g/mol. The van der Waals surface area contributed by atoms with E-state index in [0.717, 1.165) is 44.5 Å². The summed E-state index contributed by atoms with van der Waals surface area (Å²) < 4.78 is 83.1. The number of aromatic nitrogens is 6. The zero-order valence-electron chi connectivity index (χ0n) is 56.2. The molecule has 0 unspecified atom stereocenters. The van der Waals surface area contributed by atoms with Crippen LogP contribution in [-0.2, 0) is 123 Å². The third-order valence-electron chi connectivity index (χ3n) is 17.4. The molecule has 2 fully saturated rings. The summed E-state index contributed by atoms with van der Waals surface area (Å²) in [5, 5.41) is 18.0. The van der Waals surface area contributed by atoms with Gasteiger partial charge in [-0.3, -0.25) is 0 Å². The van der Waals surface area contributed by atoms with Crippen LogP contribution < -0.4 is 0 Å². The van der Waals surface area contributed by atoms with Gasteiger partial charge in [0.1, 0.15) is 73.4 Å². The van der Waals surface area contributed by atoms with Crippen LogP contribution in [-0.4, -0.2) is 104 Å². The van der Waals surface area contributed by atoms with Crippen molar-refractivity contribution in [3.63, 3.8) is 0 Å². The van der Waals surface area contributed by atoms with Crippen molar-refractivity contribution < 1.29 is 66.4 Å². The van der Waals surface area contributed by atoms with E-state index in [9.17, 15) is 9.59 Å². The molecule has 0 spiro atoms. The average molecular weight is 1370 g/mol. The lowest BCUT2D eigenvalue weighted by atomic mass is 9.97. The number of esters is 2. The molecule has 4 heterocycles. The molecule has 13 rings (SSSR count). The third kappa shape index (κ3) is 19.7. The van der Waals surface area contributed by atoms with E-state index in [4.69, 9.17) is 56.8 Å². The molecule has 2 aliphatic rings. The molecule has 9 aromatic carbocycles. The van der Waals surface area contributed by atoms with Gasteiger partial charge < -0.3 is 56.8 Å². The van der Waals surface area contributed by atoms with E-state index >= 15 is 0 Å². The molecule has 10 atom stereocenters. The summed E-state index contributed by atoms with van der Waals surface area (Å²) in [6.45, 7) is 1.77. The Kier molecular flexibility index (Phi) is 25.1. The van der Waals surface area contributed by atoms with Crippen LogP contribution in [0, 0.1) is 0 Å². The Labute approximate surface area is 592 Å². The molecular formula is C82H80N6O14. The van der Waals surface area contributed by atoms with E-state index in [2.05, 4.69) is 20.6 Å². The molecule has 20 heteroatoms. The van der Waals surface area contributed by atoms with Gasteiger partial charge in [0.05, 0.1) is 89.6 Å². The van der Waals surface area contributed by atoms with Gasteiger partial charge in [-0.25, -0.2) is 19.0 Å². The van der Waals surface area contributed by atoms with Crippen LogP contribution in [0.5, 0.6) is 0 Å². The van der Waals surface area contributed by atoms with Crippen LogP contribution in [0.15, 0.2) is 279 Å². The zero-order chi connectivity index (χ0) is 69.3. The van der Waals surface area contributed by atoms with Gasteiger partial charge in [0.25, 0.3) is 0 Å². The van der Waals surface area contributed by atoms with Crippen molar-refractivity contribution in [3.8, 4) is 0 Å². The minimum absolute atomic E-state index is 0.0967. The molecule has 522 valence electrons. The lowest BCUT2D eigenvalue weighted by Crippen LogP contribution is -2.59. The summed E-state index contributed by atoms with van der Waals surface area (Å²) >= 11 is 0. The van der Waals surface area contributed by atoms with E-state index in [-0.39, 0.29) is 77.2 Å². The second-order valence-corrected chi connectivity index (χ2v) is 24.8. The van der Waals surface area contributed by atoms with Gasteiger partial charge in [-0.2, -0.15) is 0 Å². The lowest BCUT2D eigenvalue weighted by molar-refractivity contribution is -0.292. The van der Waals surface area contributed by atoms with E-state index < -0.39 is 73.2 Å². The fourth-order valence-corrected chi connectivity index (χ4v) is 12.2. The molecule has 2 aliphatic heterocycles. The van der Waals surface area contributed by atoms with Crippen LogP contribution in [0.2, 0.25) is 0 Å². The zero-order valence-corrected chi connectivity index (χ0v) is 56.2. The molecule has 102 heavy (non-hydrogen) atoms. The predicted molar refractivity (Wildman–Crippen MR) is 375 cm³/mol. The number of rotatable bonds is 34. The molecule has 0 saturated carbocycles. The number of hydrogen-bond acceptors (Lipinski definition) is 18. The van der Waals surface area contributed by atoms with Crippen LogP contribution in [0.1, 0.15) is 89.1 Å². The number of carbonyl (C=O) groups excluding carboxylic acids is 2. The van der Waals surface area contributed by atoms with Crippen molar-refractivity contribution >= 4 is 11.9 Å². The first kappa shape index (κ1) is 70.2. The van der Waals surface area contributed by atoms with E-state index in [1.54, 1.807) is 40.0 Å². The van der Waals surface area contributed by atoms with Crippen LogP contribution >= 0.6 is 0 Å². The molecule has 2 saturated heterocycles. The smallest absolute Gasteiger partial charge is 0.338 e. The minimum Gasteiger partial charge on any atom is -0.455 e. The standard InChI is InChI=1S/C82H80N6O14/c89-81(99-55-69-45-87(85-83-69)79-77(97-53-65-38-21-7-22-39-65)75(95-51-63-34-17-5-18-35-63)73(93-49-61-30-13-3-14-31-61)71(101-79)57-91-47-59-26-9-1-10-27-59)67-42-25-43-68(44-67)82(90)100-56-70-46-88(86-84-70)80-78(98-54-66-40-23-8-24-41-66)76(96-52-64-36-19-6-20-37-64)74(94-50-62-32-15-4-16-33-62)72(102-80)58-92-48-60-28-11-2-12-29-60/h1-46,71-80H,47-58H2/t71-,72-,73-,74-,75+,76+,77-,78-,79-,80-/m1/s1. The molecule has 0 radical (unpaired) electrons. The highest BCUT2D eigenvalue weighted by molar-refractivity contribution is 5.95. The van der Waals surface area contributed by atoms with Crippen molar-refractivity contribution in [2.45, 2.75) is 127 Å². The Morgan fingerprint density at radius 2 is 0.569 bits per heavy atom. The maximum absolute atomic E-state index is 14.0. The van der Waals surface area contributed by atoms with Crippen molar-refractivity contribution in [1.82, 2.24) is 30.0 Å². The summed E-state index contributed by atoms with van der Waals surface area (Å²) in [4.78, 5) is 27.9. The first-order valence-electron chi connectivity index (χ1n) is 34.1. The van der Waals surface area contributed by atoms with Crippen LogP contribution in [0.4, 0.5) is 0 Å². The van der Waals surface area contributed by atoms with Crippen molar-refractivity contribution in [2.75, 3.05) is 13.2 Å². The van der Waals surface area contributed by atoms with Crippen molar-refractivity contribution in [2.24, 2.45) is 0 Å². The van der Waals surface area contributed by atoms with Crippen LogP contribution in [0.25, 0.3) is 0 Å². The Balaban J connectivity index is 0.704. The Bertz CT molecular complexity index is 4010. The molecule has 11 aromatic rings. The normalized spacial score (nSPS) is 20.4. The quantitative estimate of drug-likeness (QED) is 0.0344. The SMILES string of the molecule is O=C(OCc1cn([C@@H]2O[C@H](COCc3ccccc3)[C@@H](OCc3ccccc3)[C@H](OCc3ccccc3)[C@H]2OCc2ccccc2)nn1)c1cccc(C(=O)OCc2cn([C@@H]3O[C@H](COCc4ccccc4)[C@@H](OCc4ccccc4)[C@H](OCc4ccccc4)[C@H]3OCc3ccccc3)nn2)c1. The Hall–Kier alpha value is -10.2. The second kappa shape index (κ2) is 36.4. The molecule has 20 nitrogen and oxygen atoms in total. The van der Waals surface area contributed by atoms with Gasteiger partial charge in [0, 0.05) is 0 Å². The molecule has 0 aliphatic carbocycles. The topological polar surface area (TPSA) is 206 Å². The first-order chi connectivity index (χ1) is 50.4. The highest BCUT2D eigenvalue weighted by Gasteiger charge is 2.51. The number of nitrogens with zero attached hydrogens (tertiary/aromatic N) is 6. The van der Waals surface area contributed by atoms with E-state index in [1.165, 1.54) is 6.07 Å². The Morgan fingerprint density at radius 1 is 0.304 bits per heavy atom. The second-order valence-electron chi connectivity index (χ2n) is 24.8. The highest BCUT2D eigenvalue weighted by Crippen LogP contribution is 2.38. The van der Waals surface area contributed by atoms with Crippen molar-refractivity contribution in [3.05, 3.63) is 346 Å². The largest absolute Gasteiger partial charge is 0.455 e. The molecule has 0 amide bonds. The van der Waals surface area contributed by atoms with Gasteiger partial charge in [-0.1, -0.05) is 259 Å². The average Bonchev–Trinajstić information content (AvgIpc) is 1.06. The van der Waals surface area contributed by atoms with Crippen molar-refractivity contribution in [1.29, 1.82) is 0 Å². The predicted octanol–water partition coefficient (Wildman–Crippen LogP) is 13.3. The number of carbonyl (C=O) groups is 2. The third-order valence-corrected chi connectivity index (χ3v) is 17.4. The van der Waals surface area contributed by atoms with Crippen LogP contribution in [0.3, 0.4) is 0 Å². The summed E-state index contributed by atoms with van der Waals surface area (Å²) in [5.41, 5.74) is 8.51. The van der Waals surface area contributed by atoms with Gasteiger partial charge in [0.15, 0.2) is 12.5 Å². The van der Waals surface area contributed by atoms with Gasteiger partial charge in [0.2, 0.25) is 0 Å². The number of benzene rings is 9. The molecule has 2 aromatic heterocycles. The van der Waals surface area contributed by atoms with E-state index in [1.807, 2.05) is 243 Å².